The SMILES string of the molecule is O=c1c2ccncc2ncn1CC(O)COc1ccc(F)cc1. The van der Waals surface area contributed by atoms with Gasteiger partial charge in [-0.1, -0.05) is 0 Å². The normalized spacial score (nSPS) is 12.3. The number of fused-ring (bicyclic) bond motifs is 1. The van der Waals surface area contributed by atoms with Crippen molar-refractivity contribution in [1.29, 1.82) is 0 Å². The summed E-state index contributed by atoms with van der Waals surface area (Å²) in [7, 11) is 0. The number of aliphatic hydroxyl groups excluding tert-OH is 1. The summed E-state index contributed by atoms with van der Waals surface area (Å²) in [5.74, 6) is 0.0849. The molecule has 3 aromatic rings. The predicted molar refractivity (Wildman–Crippen MR) is 81.7 cm³/mol. The quantitative estimate of drug-likeness (QED) is 0.769. The van der Waals surface area contributed by atoms with Crippen molar-refractivity contribution in [3.63, 3.8) is 0 Å². The van der Waals surface area contributed by atoms with Crippen molar-refractivity contribution in [2.45, 2.75) is 12.6 Å². The zero-order chi connectivity index (χ0) is 16.2. The van der Waals surface area contributed by atoms with E-state index in [2.05, 4.69) is 9.97 Å². The van der Waals surface area contributed by atoms with Crippen molar-refractivity contribution >= 4 is 10.9 Å². The highest BCUT2D eigenvalue weighted by molar-refractivity contribution is 5.75. The number of aromatic nitrogens is 3. The van der Waals surface area contributed by atoms with E-state index in [4.69, 9.17) is 4.74 Å². The zero-order valence-corrected chi connectivity index (χ0v) is 12.1. The number of halogens is 1. The van der Waals surface area contributed by atoms with Crippen molar-refractivity contribution in [2.24, 2.45) is 0 Å². The lowest BCUT2D eigenvalue weighted by molar-refractivity contribution is 0.0914. The van der Waals surface area contributed by atoms with Crippen molar-refractivity contribution in [1.82, 2.24) is 14.5 Å². The lowest BCUT2D eigenvalue weighted by Gasteiger charge is -2.14. The second-order valence-electron chi connectivity index (χ2n) is 5.01. The molecule has 118 valence electrons. The molecule has 23 heavy (non-hydrogen) atoms. The van der Waals surface area contributed by atoms with Gasteiger partial charge in [-0.15, -0.1) is 0 Å². The Morgan fingerprint density at radius 2 is 2.04 bits per heavy atom. The number of aliphatic hydroxyl groups is 1. The van der Waals surface area contributed by atoms with Crippen LogP contribution in [0.1, 0.15) is 0 Å². The molecule has 6 nitrogen and oxygen atoms in total. The molecule has 0 aliphatic rings. The molecular weight excluding hydrogens is 301 g/mol. The third kappa shape index (κ3) is 3.51. The molecule has 1 atom stereocenters. The van der Waals surface area contributed by atoms with E-state index in [-0.39, 0.29) is 24.5 Å². The lowest BCUT2D eigenvalue weighted by Crippen LogP contribution is -2.30. The first-order valence-electron chi connectivity index (χ1n) is 6.99. The molecule has 0 aliphatic heterocycles. The Morgan fingerprint density at radius 3 is 2.83 bits per heavy atom. The molecular formula is C16H14FN3O3. The molecule has 1 aromatic carbocycles. The van der Waals surface area contributed by atoms with E-state index >= 15 is 0 Å². The minimum atomic E-state index is -0.904. The van der Waals surface area contributed by atoms with Gasteiger partial charge in [0, 0.05) is 6.20 Å². The van der Waals surface area contributed by atoms with Gasteiger partial charge < -0.3 is 9.84 Å². The fraction of sp³-hybridized carbons (Fsp3) is 0.188. The molecule has 3 rings (SSSR count). The molecule has 0 aliphatic carbocycles. The average Bonchev–Trinajstić information content (AvgIpc) is 2.57. The summed E-state index contributed by atoms with van der Waals surface area (Å²) in [5, 5.41) is 10.5. The Morgan fingerprint density at radius 1 is 1.26 bits per heavy atom. The maximum Gasteiger partial charge on any atom is 0.261 e. The number of hydrogen-bond donors (Lipinski definition) is 1. The summed E-state index contributed by atoms with van der Waals surface area (Å²) in [6.07, 6.45) is 3.49. The van der Waals surface area contributed by atoms with Gasteiger partial charge in [0.25, 0.3) is 5.56 Å². The van der Waals surface area contributed by atoms with Crippen molar-refractivity contribution in [3.05, 3.63) is 65.2 Å². The molecule has 1 unspecified atom stereocenters. The molecule has 0 saturated heterocycles. The number of rotatable bonds is 5. The molecule has 0 fully saturated rings. The van der Waals surface area contributed by atoms with Crippen LogP contribution >= 0.6 is 0 Å². The predicted octanol–water partition coefficient (Wildman–Crippen LogP) is 1.37. The first-order chi connectivity index (χ1) is 11.1. The van der Waals surface area contributed by atoms with Gasteiger partial charge >= 0.3 is 0 Å². The molecule has 2 aromatic heterocycles. The summed E-state index contributed by atoms with van der Waals surface area (Å²) in [6.45, 7) is 0.0255. The number of benzene rings is 1. The highest BCUT2D eigenvalue weighted by atomic mass is 19.1. The Kier molecular flexibility index (Phi) is 4.29. The highest BCUT2D eigenvalue weighted by Gasteiger charge is 2.10. The summed E-state index contributed by atoms with van der Waals surface area (Å²) in [5.41, 5.74) is 0.254. The van der Waals surface area contributed by atoms with Gasteiger partial charge in [-0.3, -0.25) is 14.3 Å². The monoisotopic (exact) mass is 315 g/mol. The van der Waals surface area contributed by atoms with E-state index in [9.17, 15) is 14.3 Å². The van der Waals surface area contributed by atoms with E-state index in [0.717, 1.165) is 0 Å². The number of ether oxygens (including phenoxy) is 1. The molecule has 0 amide bonds. The van der Waals surface area contributed by atoms with Gasteiger partial charge in [0.15, 0.2) is 0 Å². The molecule has 7 heteroatoms. The Hall–Kier alpha value is -2.80. The third-order valence-corrected chi connectivity index (χ3v) is 3.29. The van der Waals surface area contributed by atoms with Gasteiger partial charge in [-0.05, 0) is 30.3 Å². The van der Waals surface area contributed by atoms with Crippen LogP contribution in [0.4, 0.5) is 4.39 Å². The molecule has 1 N–H and O–H groups in total. The van der Waals surface area contributed by atoms with Crippen LogP contribution in [0.5, 0.6) is 5.75 Å². The molecule has 0 spiro atoms. The van der Waals surface area contributed by atoms with Crippen LogP contribution in [0.2, 0.25) is 0 Å². The van der Waals surface area contributed by atoms with Crippen LogP contribution < -0.4 is 10.3 Å². The lowest BCUT2D eigenvalue weighted by atomic mass is 10.3. The van der Waals surface area contributed by atoms with E-state index in [0.29, 0.717) is 16.7 Å². The van der Waals surface area contributed by atoms with Crippen LogP contribution in [0.3, 0.4) is 0 Å². The van der Waals surface area contributed by atoms with E-state index < -0.39 is 6.10 Å². The van der Waals surface area contributed by atoms with Crippen molar-refractivity contribution in [3.8, 4) is 5.75 Å². The van der Waals surface area contributed by atoms with Crippen LogP contribution in [-0.2, 0) is 6.54 Å². The number of nitrogens with zero attached hydrogens (tertiary/aromatic N) is 3. The van der Waals surface area contributed by atoms with Crippen molar-refractivity contribution < 1.29 is 14.2 Å². The maximum absolute atomic E-state index is 12.8. The minimum absolute atomic E-state index is 0.0214. The summed E-state index contributed by atoms with van der Waals surface area (Å²) in [4.78, 5) is 20.3. The average molecular weight is 315 g/mol. The van der Waals surface area contributed by atoms with Crippen LogP contribution in [-0.4, -0.2) is 32.4 Å². The second kappa shape index (κ2) is 6.53. The van der Waals surface area contributed by atoms with Crippen LogP contribution in [0.15, 0.2) is 53.8 Å². The standard InChI is InChI=1S/C16H14FN3O3/c17-11-1-3-13(4-2-11)23-9-12(21)8-20-10-19-15-7-18-6-5-14(15)16(20)22/h1-7,10,12,21H,8-9H2. The molecule has 0 radical (unpaired) electrons. The summed E-state index contributed by atoms with van der Waals surface area (Å²) < 4.78 is 19.5. The van der Waals surface area contributed by atoms with Crippen molar-refractivity contribution in [2.75, 3.05) is 6.61 Å². The Labute approximate surface area is 130 Å². The molecule has 2 heterocycles. The maximum atomic E-state index is 12.8. The first-order valence-corrected chi connectivity index (χ1v) is 6.99. The first kappa shape index (κ1) is 15.1. The summed E-state index contributed by atoms with van der Waals surface area (Å²) in [6, 6.07) is 7.07. The number of pyridine rings is 1. The van der Waals surface area contributed by atoms with E-state index in [1.807, 2.05) is 0 Å². The smallest absolute Gasteiger partial charge is 0.261 e. The molecule has 0 bridgehead atoms. The van der Waals surface area contributed by atoms with Gasteiger partial charge in [0.05, 0.1) is 30.0 Å². The van der Waals surface area contributed by atoms with E-state index in [1.165, 1.54) is 47.6 Å². The third-order valence-electron chi connectivity index (χ3n) is 3.29. The fourth-order valence-corrected chi connectivity index (χ4v) is 2.14. The molecule has 0 saturated carbocycles. The van der Waals surface area contributed by atoms with E-state index in [1.54, 1.807) is 6.07 Å². The second-order valence-corrected chi connectivity index (χ2v) is 5.01. The van der Waals surface area contributed by atoms with Gasteiger partial charge in [-0.2, -0.15) is 0 Å². The van der Waals surface area contributed by atoms with Crippen LogP contribution in [0, 0.1) is 5.82 Å². The highest BCUT2D eigenvalue weighted by Crippen LogP contribution is 2.11. The Bertz CT molecular complexity index is 864. The minimum Gasteiger partial charge on any atom is -0.491 e. The fourth-order valence-electron chi connectivity index (χ4n) is 2.14. The van der Waals surface area contributed by atoms with Gasteiger partial charge in [0.2, 0.25) is 0 Å². The largest absolute Gasteiger partial charge is 0.491 e. The number of hydrogen-bond acceptors (Lipinski definition) is 5. The van der Waals surface area contributed by atoms with Gasteiger partial charge in [0.1, 0.15) is 24.3 Å². The van der Waals surface area contributed by atoms with Gasteiger partial charge in [-0.25, -0.2) is 9.37 Å². The summed E-state index contributed by atoms with van der Waals surface area (Å²) >= 11 is 0. The topological polar surface area (TPSA) is 77.2 Å². The zero-order valence-electron chi connectivity index (χ0n) is 12.1. The van der Waals surface area contributed by atoms with Crippen LogP contribution in [0.25, 0.3) is 10.9 Å². The Balaban J connectivity index is 1.68.